The van der Waals surface area contributed by atoms with E-state index in [4.69, 9.17) is 0 Å². The molecule has 0 aliphatic carbocycles. The standard InChI is InChI=1S/C12H8BrN3O2/c13-7-1-3-8(4-2-7)16-6-5-9-10(16)11(17)15-12(18)14-9/h1-6H,(H2,14,15,17,18). The molecule has 0 radical (unpaired) electrons. The van der Waals surface area contributed by atoms with Crippen LogP contribution in [0.15, 0.2) is 50.6 Å². The van der Waals surface area contributed by atoms with Crippen LogP contribution in [0.25, 0.3) is 16.7 Å². The van der Waals surface area contributed by atoms with Gasteiger partial charge in [-0.2, -0.15) is 0 Å². The molecule has 2 aromatic heterocycles. The number of nitrogens with one attached hydrogen (secondary N) is 2. The van der Waals surface area contributed by atoms with Crippen LogP contribution in [0.4, 0.5) is 0 Å². The lowest BCUT2D eigenvalue weighted by Crippen LogP contribution is -2.22. The second kappa shape index (κ2) is 3.99. The van der Waals surface area contributed by atoms with Gasteiger partial charge in [-0.25, -0.2) is 4.79 Å². The summed E-state index contributed by atoms with van der Waals surface area (Å²) in [6.07, 6.45) is 1.75. The van der Waals surface area contributed by atoms with Gasteiger partial charge in [0.05, 0.1) is 5.52 Å². The third-order valence-corrected chi connectivity index (χ3v) is 3.21. The van der Waals surface area contributed by atoms with Crippen LogP contribution in [0.1, 0.15) is 0 Å². The summed E-state index contributed by atoms with van der Waals surface area (Å²) in [5, 5.41) is 0. The van der Waals surface area contributed by atoms with Gasteiger partial charge in [-0.1, -0.05) is 15.9 Å². The van der Waals surface area contributed by atoms with E-state index < -0.39 is 11.2 Å². The zero-order valence-corrected chi connectivity index (χ0v) is 10.7. The summed E-state index contributed by atoms with van der Waals surface area (Å²) < 4.78 is 2.70. The van der Waals surface area contributed by atoms with Crippen LogP contribution in [0, 0.1) is 0 Å². The highest BCUT2D eigenvalue weighted by Gasteiger charge is 2.08. The first kappa shape index (κ1) is 11.0. The molecular weight excluding hydrogens is 298 g/mol. The summed E-state index contributed by atoms with van der Waals surface area (Å²) in [6.45, 7) is 0. The Labute approximate surface area is 109 Å². The van der Waals surface area contributed by atoms with E-state index in [1.54, 1.807) is 16.8 Å². The Hall–Kier alpha value is -2.08. The average Bonchev–Trinajstić information content (AvgIpc) is 2.74. The average molecular weight is 306 g/mol. The molecule has 0 bridgehead atoms. The Morgan fingerprint density at radius 1 is 1.00 bits per heavy atom. The Kier molecular flexibility index (Phi) is 2.45. The summed E-state index contributed by atoms with van der Waals surface area (Å²) in [6, 6.07) is 9.25. The minimum atomic E-state index is -0.499. The molecule has 0 fully saturated rings. The number of benzene rings is 1. The van der Waals surface area contributed by atoms with E-state index in [9.17, 15) is 9.59 Å². The maximum absolute atomic E-state index is 11.8. The van der Waals surface area contributed by atoms with E-state index in [-0.39, 0.29) is 0 Å². The number of nitrogens with zero attached hydrogens (tertiary/aromatic N) is 1. The number of aromatic nitrogens is 3. The van der Waals surface area contributed by atoms with Gasteiger partial charge in [-0.3, -0.25) is 9.78 Å². The number of rotatable bonds is 1. The van der Waals surface area contributed by atoms with Crippen LogP contribution < -0.4 is 11.2 Å². The molecule has 18 heavy (non-hydrogen) atoms. The van der Waals surface area contributed by atoms with Crippen molar-refractivity contribution in [1.29, 1.82) is 0 Å². The summed E-state index contributed by atoms with van der Waals surface area (Å²) in [4.78, 5) is 27.8. The van der Waals surface area contributed by atoms with Gasteiger partial charge >= 0.3 is 5.69 Å². The monoisotopic (exact) mass is 305 g/mol. The Bertz CT molecular complexity index is 827. The summed E-state index contributed by atoms with van der Waals surface area (Å²) >= 11 is 3.36. The number of hydrogen-bond acceptors (Lipinski definition) is 2. The van der Waals surface area contributed by atoms with Crippen molar-refractivity contribution in [2.75, 3.05) is 0 Å². The van der Waals surface area contributed by atoms with Gasteiger partial charge in [0.1, 0.15) is 5.52 Å². The minimum Gasteiger partial charge on any atom is -0.311 e. The van der Waals surface area contributed by atoms with Crippen molar-refractivity contribution in [2.24, 2.45) is 0 Å². The van der Waals surface area contributed by atoms with E-state index in [1.165, 1.54) is 0 Å². The first-order chi connectivity index (χ1) is 8.65. The second-order valence-corrected chi connectivity index (χ2v) is 4.75. The highest BCUT2D eigenvalue weighted by molar-refractivity contribution is 9.10. The largest absolute Gasteiger partial charge is 0.326 e. The van der Waals surface area contributed by atoms with E-state index in [0.29, 0.717) is 11.0 Å². The zero-order valence-electron chi connectivity index (χ0n) is 9.11. The van der Waals surface area contributed by atoms with Crippen molar-refractivity contribution in [3.05, 3.63) is 61.8 Å². The summed E-state index contributed by atoms with van der Waals surface area (Å²) in [5.74, 6) is 0. The molecule has 0 saturated heterocycles. The van der Waals surface area contributed by atoms with Gasteiger partial charge in [-0.05, 0) is 30.3 Å². The first-order valence-corrected chi connectivity index (χ1v) is 6.04. The van der Waals surface area contributed by atoms with Crippen molar-refractivity contribution in [1.82, 2.24) is 14.5 Å². The maximum atomic E-state index is 11.8. The van der Waals surface area contributed by atoms with Crippen molar-refractivity contribution in [3.8, 4) is 5.69 Å². The molecule has 2 heterocycles. The van der Waals surface area contributed by atoms with E-state index in [1.807, 2.05) is 24.3 Å². The molecule has 5 nitrogen and oxygen atoms in total. The minimum absolute atomic E-state index is 0.401. The fourth-order valence-electron chi connectivity index (χ4n) is 1.90. The topological polar surface area (TPSA) is 70.7 Å². The number of hydrogen-bond donors (Lipinski definition) is 2. The van der Waals surface area contributed by atoms with Gasteiger partial charge in [0.25, 0.3) is 5.56 Å². The van der Waals surface area contributed by atoms with Crippen molar-refractivity contribution < 1.29 is 0 Å². The molecule has 0 atom stereocenters. The van der Waals surface area contributed by atoms with E-state index in [0.717, 1.165) is 10.2 Å². The van der Waals surface area contributed by atoms with Gasteiger partial charge in [0, 0.05) is 16.4 Å². The summed E-state index contributed by atoms with van der Waals surface area (Å²) in [5.41, 5.74) is 0.900. The van der Waals surface area contributed by atoms with Gasteiger partial charge in [-0.15, -0.1) is 0 Å². The third kappa shape index (κ3) is 1.70. The molecule has 3 aromatic rings. The molecule has 90 valence electrons. The lowest BCUT2D eigenvalue weighted by Gasteiger charge is -2.04. The Morgan fingerprint density at radius 2 is 1.72 bits per heavy atom. The van der Waals surface area contributed by atoms with Crippen LogP contribution >= 0.6 is 15.9 Å². The van der Waals surface area contributed by atoms with Crippen LogP contribution in [-0.4, -0.2) is 14.5 Å². The molecule has 0 spiro atoms. The fourth-order valence-corrected chi connectivity index (χ4v) is 2.16. The predicted octanol–water partition coefficient (Wildman–Crippen LogP) is 1.77. The molecule has 0 unspecified atom stereocenters. The first-order valence-electron chi connectivity index (χ1n) is 5.25. The van der Waals surface area contributed by atoms with E-state index in [2.05, 4.69) is 25.9 Å². The molecule has 0 aliphatic heterocycles. The second-order valence-electron chi connectivity index (χ2n) is 3.83. The zero-order chi connectivity index (χ0) is 12.7. The van der Waals surface area contributed by atoms with Crippen molar-refractivity contribution in [2.45, 2.75) is 0 Å². The molecule has 0 aliphatic rings. The van der Waals surface area contributed by atoms with E-state index >= 15 is 0 Å². The molecule has 0 saturated carbocycles. The lowest BCUT2D eigenvalue weighted by molar-refractivity contribution is 1.04. The molecule has 0 amide bonds. The maximum Gasteiger partial charge on any atom is 0.326 e. The van der Waals surface area contributed by atoms with Crippen LogP contribution in [-0.2, 0) is 0 Å². The quantitative estimate of drug-likeness (QED) is 0.719. The normalized spacial score (nSPS) is 10.9. The van der Waals surface area contributed by atoms with Crippen LogP contribution in [0.5, 0.6) is 0 Å². The van der Waals surface area contributed by atoms with Crippen molar-refractivity contribution >= 4 is 27.0 Å². The SMILES string of the molecule is O=c1[nH]c(=O)c2c(ccn2-c2ccc(Br)cc2)[nH]1. The number of fused-ring (bicyclic) bond motifs is 1. The van der Waals surface area contributed by atoms with Gasteiger partial charge in [0.15, 0.2) is 0 Å². The molecule has 6 heteroatoms. The number of H-pyrrole nitrogens is 2. The fraction of sp³-hybridized carbons (Fsp3) is 0. The Balaban J connectivity index is 2.34. The number of aromatic amines is 2. The van der Waals surface area contributed by atoms with Crippen LogP contribution in [0.3, 0.4) is 0 Å². The van der Waals surface area contributed by atoms with Gasteiger partial charge in [0.2, 0.25) is 0 Å². The molecule has 3 rings (SSSR count). The molecular formula is C12H8BrN3O2. The summed E-state index contributed by atoms with van der Waals surface area (Å²) in [7, 11) is 0. The van der Waals surface area contributed by atoms with Crippen LogP contribution in [0.2, 0.25) is 0 Å². The molecule has 2 N–H and O–H groups in total. The van der Waals surface area contributed by atoms with Gasteiger partial charge < -0.3 is 9.55 Å². The number of halogens is 1. The highest BCUT2D eigenvalue weighted by atomic mass is 79.9. The Morgan fingerprint density at radius 3 is 2.44 bits per heavy atom. The highest BCUT2D eigenvalue weighted by Crippen LogP contribution is 2.17. The van der Waals surface area contributed by atoms with Crippen molar-refractivity contribution in [3.63, 3.8) is 0 Å². The smallest absolute Gasteiger partial charge is 0.311 e. The molecule has 1 aromatic carbocycles. The third-order valence-electron chi connectivity index (χ3n) is 2.68. The lowest BCUT2D eigenvalue weighted by atomic mass is 10.3. The predicted molar refractivity (Wildman–Crippen MR) is 72.2 cm³/mol.